The van der Waals surface area contributed by atoms with Crippen LogP contribution in [0.5, 0.6) is 0 Å². The average Bonchev–Trinajstić information content (AvgIpc) is 2.89. The van der Waals surface area contributed by atoms with E-state index < -0.39 is 0 Å². The maximum absolute atomic E-state index is 2.30. The van der Waals surface area contributed by atoms with E-state index in [0.29, 0.717) is 0 Å². The third-order valence-electron chi connectivity index (χ3n) is 4.45. The van der Waals surface area contributed by atoms with Crippen molar-refractivity contribution < 1.29 is 4.57 Å². The van der Waals surface area contributed by atoms with Crippen LogP contribution in [0.2, 0.25) is 0 Å². The summed E-state index contributed by atoms with van der Waals surface area (Å²) in [6.45, 7) is 0. The van der Waals surface area contributed by atoms with E-state index >= 15 is 0 Å². The van der Waals surface area contributed by atoms with Crippen LogP contribution in [0.4, 0.5) is 5.69 Å². The number of pyridine rings is 1. The Morgan fingerprint density at radius 2 is 1.23 bits per heavy atom. The number of anilines is 1. The molecule has 0 bridgehead atoms. The van der Waals surface area contributed by atoms with E-state index in [1.807, 2.05) is 0 Å². The van der Waals surface area contributed by atoms with E-state index in [-0.39, 0.29) is 6.04 Å². The largest absolute Gasteiger partial charge is 0.377 e. The number of rotatable bonds is 2. The van der Waals surface area contributed by atoms with Crippen LogP contribution in [0.15, 0.2) is 73.1 Å². The summed E-state index contributed by atoms with van der Waals surface area (Å²) >= 11 is 0. The second kappa shape index (κ2) is 4.99. The summed E-state index contributed by atoms with van der Waals surface area (Å²) < 4.78 is 2.30. The number of fused-ring (bicyclic) bond motifs is 3. The molecule has 0 saturated carbocycles. The van der Waals surface area contributed by atoms with Crippen molar-refractivity contribution in [3.63, 3.8) is 0 Å². The minimum absolute atomic E-state index is 0.267. The summed E-state index contributed by atoms with van der Waals surface area (Å²) in [5.41, 5.74) is 6.69. The minimum Gasteiger partial charge on any atom is -0.377 e. The summed E-state index contributed by atoms with van der Waals surface area (Å²) in [6, 6.07) is 22.1. The summed E-state index contributed by atoms with van der Waals surface area (Å²) in [5, 5.41) is 0. The van der Waals surface area contributed by atoms with Gasteiger partial charge in [0, 0.05) is 43.0 Å². The minimum atomic E-state index is 0.267. The zero-order chi connectivity index (χ0) is 15.1. The Labute approximate surface area is 131 Å². The molecule has 0 unspecified atom stereocenters. The lowest BCUT2D eigenvalue weighted by Crippen LogP contribution is -2.39. The Kier molecular flexibility index (Phi) is 2.97. The second-order valence-corrected chi connectivity index (χ2v) is 5.98. The molecule has 0 N–H and O–H groups in total. The Bertz CT molecular complexity index is 774. The van der Waals surface area contributed by atoms with Crippen molar-refractivity contribution in [2.45, 2.75) is 6.04 Å². The second-order valence-electron chi connectivity index (χ2n) is 5.98. The molecule has 2 aromatic carbocycles. The molecule has 1 aliphatic rings. The fraction of sp³-hybridized carbons (Fsp3) is 0.150. The van der Waals surface area contributed by atoms with Crippen LogP contribution in [0.25, 0.3) is 11.1 Å². The molecule has 4 rings (SSSR count). The van der Waals surface area contributed by atoms with Crippen molar-refractivity contribution in [3.8, 4) is 11.1 Å². The van der Waals surface area contributed by atoms with Crippen molar-refractivity contribution in [3.05, 3.63) is 84.2 Å². The van der Waals surface area contributed by atoms with Crippen molar-refractivity contribution >= 4 is 5.69 Å². The van der Waals surface area contributed by atoms with E-state index in [1.165, 1.54) is 27.9 Å². The highest BCUT2D eigenvalue weighted by atomic mass is 15.1. The molecule has 0 amide bonds. The Morgan fingerprint density at radius 1 is 0.727 bits per heavy atom. The smallest absolute Gasteiger partial charge is 0.210 e. The average molecular weight is 287 g/mol. The summed E-state index contributed by atoms with van der Waals surface area (Å²) in [5.74, 6) is 0. The first-order valence-corrected chi connectivity index (χ1v) is 7.62. The Morgan fingerprint density at radius 3 is 1.73 bits per heavy atom. The van der Waals surface area contributed by atoms with Crippen molar-refractivity contribution in [2.75, 3.05) is 19.0 Å². The van der Waals surface area contributed by atoms with Crippen LogP contribution in [0, 0.1) is 0 Å². The van der Waals surface area contributed by atoms with Gasteiger partial charge in [-0.05, 0) is 11.1 Å². The molecule has 0 atom stereocenters. The third kappa shape index (κ3) is 1.92. The van der Waals surface area contributed by atoms with Gasteiger partial charge in [-0.25, -0.2) is 0 Å². The lowest BCUT2D eigenvalue weighted by Gasteiger charge is -2.13. The van der Waals surface area contributed by atoms with Gasteiger partial charge in [0.2, 0.25) is 6.04 Å². The molecule has 0 saturated heterocycles. The van der Waals surface area contributed by atoms with Gasteiger partial charge >= 0.3 is 0 Å². The first kappa shape index (κ1) is 13.1. The maximum atomic E-state index is 2.30. The number of benzene rings is 2. The SMILES string of the molecule is CN(C)c1cc[n+](C2c3ccccc3-c3ccccc32)cc1. The molecule has 22 heavy (non-hydrogen) atoms. The molecule has 0 radical (unpaired) electrons. The van der Waals surface area contributed by atoms with Crippen molar-refractivity contribution in [1.29, 1.82) is 0 Å². The first-order chi connectivity index (χ1) is 10.8. The number of hydrogen-bond acceptors (Lipinski definition) is 1. The molecule has 2 nitrogen and oxygen atoms in total. The number of aromatic nitrogens is 1. The van der Waals surface area contributed by atoms with Gasteiger partial charge < -0.3 is 4.90 Å². The standard InChI is InChI=1S/C20H19N2/c1-21(2)15-11-13-22(14-12-15)20-18-9-5-3-7-16(18)17-8-4-6-10-19(17)20/h3-14,20H,1-2H3/q+1. The summed E-state index contributed by atoms with van der Waals surface area (Å²) in [7, 11) is 4.14. The van der Waals surface area contributed by atoms with E-state index in [2.05, 4.69) is 96.6 Å². The highest BCUT2D eigenvalue weighted by molar-refractivity contribution is 5.77. The zero-order valence-corrected chi connectivity index (χ0v) is 12.9. The molecule has 1 aromatic heterocycles. The lowest BCUT2D eigenvalue weighted by atomic mass is 10.1. The zero-order valence-electron chi connectivity index (χ0n) is 12.9. The lowest BCUT2D eigenvalue weighted by molar-refractivity contribution is -0.704. The highest BCUT2D eigenvalue weighted by Crippen LogP contribution is 2.42. The van der Waals surface area contributed by atoms with Gasteiger partial charge in [0.05, 0.1) is 0 Å². The fourth-order valence-electron chi connectivity index (χ4n) is 3.35. The van der Waals surface area contributed by atoms with Crippen molar-refractivity contribution in [2.24, 2.45) is 0 Å². The molecule has 108 valence electrons. The van der Waals surface area contributed by atoms with Crippen LogP contribution >= 0.6 is 0 Å². The van der Waals surface area contributed by atoms with Gasteiger partial charge in [0.15, 0.2) is 12.4 Å². The van der Waals surface area contributed by atoms with E-state index in [4.69, 9.17) is 0 Å². The molecule has 1 aliphatic carbocycles. The normalized spacial score (nSPS) is 12.8. The van der Waals surface area contributed by atoms with Crippen LogP contribution in [0.1, 0.15) is 17.2 Å². The van der Waals surface area contributed by atoms with Gasteiger partial charge in [0.1, 0.15) is 0 Å². The molecule has 0 aliphatic heterocycles. The molecule has 2 heteroatoms. The van der Waals surface area contributed by atoms with Crippen LogP contribution in [-0.2, 0) is 0 Å². The molecule has 0 spiro atoms. The topological polar surface area (TPSA) is 7.12 Å². The maximum Gasteiger partial charge on any atom is 0.210 e. The predicted molar refractivity (Wildman–Crippen MR) is 90.1 cm³/mol. The van der Waals surface area contributed by atoms with Gasteiger partial charge in [-0.15, -0.1) is 0 Å². The van der Waals surface area contributed by atoms with Crippen molar-refractivity contribution in [1.82, 2.24) is 0 Å². The number of nitrogens with zero attached hydrogens (tertiary/aromatic N) is 2. The molecule has 1 heterocycles. The Balaban J connectivity index is 1.88. The first-order valence-electron chi connectivity index (χ1n) is 7.62. The molecule has 0 fully saturated rings. The van der Waals surface area contributed by atoms with Crippen LogP contribution in [0.3, 0.4) is 0 Å². The molecular formula is C20H19N2+. The summed E-state index contributed by atoms with van der Waals surface area (Å²) in [4.78, 5) is 2.13. The van der Waals surface area contributed by atoms with Crippen LogP contribution < -0.4 is 9.47 Å². The monoisotopic (exact) mass is 287 g/mol. The quantitative estimate of drug-likeness (QED) is 0.510. The summed E-state index contributed by atoms with van der Waals surface area (Å²) in [6.07, 6.45) is 4.36. The van der Waals surface area contributed by atoms with E-state index in [9.17, 15) is 0 Å². The van der Waals surface area contributed by atoms with Gasteiger partial charge in [0.25, 0.3) is 0 Å². The third-order valence-corrected chi connectivity index (χ3v) is 4.45. The number of hydrogen-bond donors (Lipinski definition) is 0. The fourth-order valence-corrected chi connectivity index (χ4v) is 3.35. The van der Waals surface area contributed by atoms with E-state index in [1.54, 1.807) is 0 Å². The Hall–Kier alpha value is -2.61. The predicted octanol–water partition coefficient (Wildman–Crippen LogP) is 3.66. The van der Waals surface area contributed by atoms with Crippen LogP contribution in [-0.4, -0.2) is 14.1 Å². The molecule has 3 aromatic rings. The van der Waals surface area contributed by atoms with E-state index in [0.717, 1.165) is 0 Å². The molecular weight excluding hydrogens is 268 g/mol. The van der Waals surface area contributed by atoms with Gasteiger partial charge in [-0.1, -0.05) is 48.5 Å². The highest BCUT2D eigenvalue weighted by Gasteiger charge is 2.34. The van der Waals surface area contributed by atoms with Gasteiger partial charge in [-0.2, -0.15) is 4.57 Å². The van der Waals surface area contributed by atoms with Gasteiger partial charge in [-0.3, -0.25) is 0 Å².